The molecule has 1 unspecified atom stereocenters. The van der Waals surface area contributed by atoms with Crippen LogP contribution < -0.4 is 5.32 Å². The average molecular weight is 323 g/mol. The molecule has 1 atom stereocenters. The molecule has 0 aliphatic rings. The van der Waals surface area contributed by atoms with Crippen molar-refractivity contribution in [3.05, 3.63) is 57.5 Å². The molecule has 0 radical (unpaired) electrons. The topological polar surface area (TPSA) is 24.9 Å². The lowest BCUT2D eigenvalue weighted by molar-refractivity contribution is 0.880. The van der Waals surface area contributed by atoms with Crippen molar-refractivity contribution in [3.63, 3.8) is 0 Å². The molecule has 0 aliphatic carbocycles. The van der Waals surface area contributed by atoms with Crippen molar-refractivity contribution < 1.29 is 0 Å². The van der Waals surface area contributed by atoms with Crippen LogP contribution in [0.3, 0.4) is 0 Å². The number of halogens is 2. The van der Waals surface area contributed by atoms with Crippen molar-refractivity contribution in [2.45, 2.75) is 13.0 Å². The standard InChI is InChI=1S/C15H12Cl2N2S/c1-9(19-14-7-11(16)2-3-12(14)17)10-6-15-13(18-8-10)4-5-20-15/h2-9,19H,1H3. The lowest BCUT2D eigenvalue weighted by atomic mass is 10.1. The lowest BCUT2D eigenvalue weighted by Crippen LogP contribution is -2.07. The van der Waals surface area contributed by atoms with E-state index in [1.807, 2.05) is 23.7 Å². The molecule has 2 nitrogen and oxygen atoms in total. The molecule has 102 valence electrons. The summed E-state index contributed by atoms with van der Waals surface area (Å²) in [6.45, 7) is 2.08. The monoisotopic (exact) mass is 322 g/mol. The van der Waals surface area contributed by atoms with Gasteiger partial charge in [-0.3, -0.25) is 4.98 Å². The first-order valence-electron chi connectivity index (χ1n) is 6.18. The molecule has 1 N–H and O–H groups in total. The largest absolute Gasteiger partial charge is 0.377 e. The maximum absolute atomic E-state index is 6.17. The second-order valence-corrected chi connectivity index (χ2v) is 6.35. The summed E-state index contributed by atoms with van der Waals surface area (Å²) in [5, 5.41) is 6.74. The highest BCUT2D eigenvalue weighted by Crippen LogP contribution is 2.30. The van der Waals surface area contributed by atoms with Crippen LogP contribution in [0.2, 0.25) is 10.0 Å². The Kier molecular flexibility index (Phi) is 3.83. The first-order chi connectivity index (χ1) is 9.63. The molecule has 0 saturated carbocycles. The molecule has 2 aromatic heterocycles. The summed E-state index contributed by atoms with van der Waals surface area (Å²) in [4.78, 5) is 4.46. The molecule has 0 aliphatic heterocycles. The number of rotatable bonds is 3. The van der Waals surface area contributed by atoms with Gasteiger partial charge in [0.25, 0.3) is 0 Å². The number of aromatic nitrogens is 1. The number of nitrogens with one attached hydrogen (secondary N) is 1. The third-order valence-corrected chi connectivity index (χ3v) is 4.54. The van der Waals surface area contributed by atoms with E-state index in [9.17, 15) is 0 Å². The van der Waals surface area contributed by atoms with Gasteiger partial charge in [0.1, 0.15) is 0 Å². The first-order valence-corrected chi connectivity index (χ1v) is 7.82. The van der Waals surface area contributed by atoms with E-state index in [4.69, 9.17) is 23.2 Å². The molecule has 3 aromatic rings. The van der Waals surface area contributed by atoms with Crippen molar-refractivity contribution in [1.29, 1.82) is 0 Å². The van der Waals surface area contributed by atoms with E-state index in [1.165, 1.54) is 4.70 Å². The molecule has 0 amide bonds. The average Bonchev–Trinajstić information content (AvgIpc) is 2.90. The smallest absolute Gasteiger partial charge is 0.0809 e. The van der Waals surface area contributed by atoms with E-state index < -0.39 is 0 Å². The van der Waals surface area contributed by atoms with E-state index >= 15 is 0 Å². The van der Waals surface area contributed by atoms with Gasteiger partial charge in [0, 0.05) is 11.2 Å². The van der Waals surface area contributed by atoms with E-state index in [0.717, 1.165) is 16.8 Å². The van der Waals surface area contributed by atoms with Crippen LogP contribution in [-0.2, 0) is 0 Å². The highest BCUT2D eigenvalue weighted by atomic mass is 35.5. The van der Waals surface area contributed by atoms with Gasteiger partial charge in [0.15, 0.2) is 0 Å². The first kappa shape index (κ1) is 13.7. The van der Waals surface area contributed by atoms with E-state index in [0.29, 0.717) is 10.0 Å². The molecule has 3 rings (SSSR count). The predicted molar refractivity (Wildman–Crippen MR) is 88.1 cm³/mol. The Bertz CT molecular complexity index is 754. The Labute approximate surface area is 131 Å². The maximum atomic E-state index is 6.17. The zero-order chi connectivity index (χ0) is 14.1. The van der Waals surface area contributed by atoms with Crippen LogP contribution in [0, 0.1) is 0 Å². The van der Waals surface area contributed by atoms with Gasteiger partial charge in [-0.2, -0.15) is 0 Å². The Morgan fingerprint density at radius 2 is 2.05 bits per heavy atom. The summed E-state index contributed by atoms with van der Waals surface area (Å²) in [7, 11) is 0. The number of hydrogen-bond acceptors (Lipinski definition) is 3. The number of fused-ring (bicyclic) bond motifs is 1. The van der Waals surface area contributed by atoms with Gasteiger partial charge < -0.3 is 5.32 Å². The Balaban J connectivity index is 1.88. The normalized spacial score (nSPS) is 12.6. The third-order valence-electron chi connectivity index (χ3n) is 3.12. The molecule has 0 saturated heterocycles. The summed E-state index contributed by atoms with van der Waals surface area (Å²) in [6.07, 6.45) is 1.89. The molecule has 5 heteroatoms. The minimum Gasteiger partial charge on any atom is -0.377 e. The summed E-state index contributed by atoms with van der Waals surface area (Å²) < 4.78 is 1.19. The Morgan fingerprint density at radius 1 is 1.20 bits per heavy atom. The van der Waals surface area contributed by atoms with Gasteiger partial charge in [-0.25, -0.2) is 0 Å². The second kappa shape index (κ2) is 5.60. The van der Waals surface area contributed by atoms with Gasteiger partial charge in [-0.15, -0.1) is 11.3 Å². The molecule has 2 heterocycles. The van der Waals surface area contributed by atoms with E-state index in [1.54, 1.807) is 23.5 Å². The molecule has 20 heavy (non-hydrogen) atoms. The quantitative estimate of drug-likeness (QED) is 0.661. The van der Waals surface area contributed by atoms with Gasteiger partial charge in [-0.1, -0.05) is 23.2 Å². The zero-order valence-electron chi connectivity index (χ0n) is 10.7. The fraction of sp³-hybridized carbons (Fsp3) is 0.133. The Hall–Kier alpha value is -1.29. The van der Waals surface area contributed by atoms with Crippen LogP contribution in [-0.4, -0.2) is 4.98 Å². The molecular formula is C15H12Cl2N2S. The highest BCUT2D eigenvalue weighted by molar-refractivity contribution is 7.17. The second-order valence-electron chi connectivity index (χ2n) is 4.56. The number of nitrogens with zero attached hydrogens (tertiary/aromatic N) is 1. The highest BCUT2D eigenvalue weighted by Gasteiger charge is 2.10. The summed E-state index contributed by atoms with van der Waals surface area (Å²) in [6, 6.07) is 9.68. The zero-order valence-corrected chi connectivity index (χ0v) is 13.1. The number of hydrogen-bond donors (Lipinski definition) is 1. The summed E-state index contributed by atoms with van der Waals surface area (Å²) >= 11 is 13.9. The van der Waals surface area contributed by atoms with Crippen molar-refractivity contribution in [2.24, 2.45) is 0 Å². The molecule has 0 fully saturated rings. The minimum atomic E-state index is 0.102. The van der Waals surface area contributed by atoms with Crippen LogP contribution in [0.5, 0.6) is 0 Å². The fourth-order valence-corrected chi connectivity index (χ4v) is 3.16. The van der Waals surface area contributed by atoms with Crippen LogP contribution in [0.1, 0.15) is 18.5 Å². The molecular weight excluding hydrogens is 311 g/mol. The van der Waals surface area contributed by atoms with Crippen molar-refractivity contribution in [1.82, 2.24) is 4.98 Å². The van der Waals surface area contributed by atoms with Gasteiger partial charge in [0.2, 0.25) is 0 Å². The molecule has 0 bridgehead atoms. The van der Waals surface area contributed by atoms with Crippen LogP contribution >= 0.6 is 34.5 Å². The Morgan fingerprint density at radius 3 is 2.90 bits per heavy atom. The van der Waals surface area contributed by atoms with Crippen LogP contribution in [0.4, 0.5) is 5.69 Å². The molecule has 1 aromatic carbocycles. The summed E-state index contributed by atoms with van der Waals surface area (Å²) in [5.74, 6) is 0. The van der Waals surface area contributed by atoms with Gasteiger partial charge in [-0.05, 0) is 48.2 Å². The minimum absolute atomic E-state index is 0.102. The van der Waals surface area contributed by atoms with Gasteiger partial charge in [0.05, 0.1) is 27.0 Å². The van der Waals surface area contributed by atoms with Gasteiger partial charge >= 0.3 is 0 Å². The van der Waals surface area contributed by atoms with Crippen LogP contribution in [0.25, 0.3) is 10.2 Å². The van der Waals surface area contributed by atoms with Crippen LogP contribution in [0.15, 0.2) is 41.9 Å². The van der Waals surface area contributed by atoms with Crippen molar-refractivity contribution in [2.75, 3.05) is 5.32 Å². The van der Waals surface area contributed by atoms with Crippen molar-refractivity contribution >= 4 is 50.4 Å². The van der Waals surface area contributed by atoms with E-state index in [-0.39, 0.29) is 6.04 Å². The van der Waals surface area contributed by atoms with Crippen molar-refractivity contribution in [3.8, 4) is 0 Å². The fourth-order valence-electron chi connectivity index (χ4n) is 2.02. The third kappa shape index (κ3) is 2.75. The molecule has 0 spiro atoms. The predicted octanol–water partition coefficient (Wildman–Crippen LogP) is 5.78. The lowest BCUT2D eigenvalue weighted by Gasteiger charge is -2.16. The number of pyridine rings is 1. The number of thiophene rings is 1. The number of anilines is 1. The maximum Gasteiger partial charge on any atom is 0.0809 e. The SMILES string of the molecule is CC(Nc1cc(Cl)ccc1Cl)c1cnc2ccsc2c1. The number of benzene rings is 1. The van der Waals surface area contributed by atoms with E-state index in [2.05, 4.69) is 23.3 Å². The summed E-state index contributed by atoms with van der Waals surface area (Å²) in [5.41, 5.74) is 2.99.